The lowest BCUT2D eigenvalue weighted by molar-refractivity contribution is -0.116. The summed E-state index contributed by atoms with van der Waals surface area (Å²) >= 11 is 0. The summed E-state index contributed by atoms with van der Waals surface area (Å²) in [6, 6.07) is 9.84. The molecule has 1 N–H and O–H groups in total. The third-order valence-corrected chi connectivity index (χ3v) is 6.26. The van der Waals surface area contributed by atoms with Crippen LogP contribution in [0.15, 0.2) is 53.9 Å². The zero-order valence-corrected chi connectivity index (χ0v) is 17.9. The van der Waals surface area contributed by atoms with Crippen molar-refractivity contribution in [2.24, 2.45) is 0 Å². The SMILES string of the molecule is C=CCN(CC(=O)Nc1cc(OC)ccc1OC)S(=O)(=O)c1ccc(C)c(C)c1. The number of hydrogen-bond donors (Lipinski definition) is 1. The topological polar surface area (TPSA) is 84.9 Å². The second kappa shape index (κ2) is 9.58. The van der Waals surface area contributed by atoms with Gasteiger partial charge in [-0.3, -0.25) is 4.79 Å². The maximum absolute atomic E-state index is 13.1. The molecule has 0 saturated heterocycles. The highest BCUT2D eigenvalue weighted by molar-refractivity contribution is 7.89. The lowest BCUT2D eigenvalue weighted by Gasteiger charge is -2.21. The standard InChI is InChI=1S/C21H26N2O5S/c1-6-11-23(29(25,26)18-9-7-15(2)16(3)12-18)14-21(24)22-19-13-17(27-4)8-10-20(19)28-5/h6-10,12-13H,1,11,14H2,2-5H3,(H,22,24). The first-order valence-corrected chi connectivity index (χ1v) is 10.4. The second-order valence-electron chi connectivity index (χ2n) is 6.45. The predicted molar refractivity (Wildman–Crippen MR) is 113 cm³/mol. The second-order valence-corrected chi connectivity index (χ2v) is 8.38. The molecule has 156 valence electrons. The molecule has 0 fully saturated rings. The van der Waals surface area contributed by atoms with Gasteiger partial charge in [-0.15, -0.1) is 6.58 Å². The van der Waals surface area contributed by atoms with E-state index in [9.17, 15) is 13.2 Å². The van der Waals surface area contributed by atoms with Crippen LogP contribution in [0.5, 0.6) is 11.5 Å². The highest BCUT2D eigenvalue weighted by Crippen LogP contribution is 2.29. The van der Waals surface area contributed by atoms with E-state index in [1.807, 2.05) is 13.8 Å². The molecule has 0 aliphatic rings. The summed E-state index contributed by atoms with van der Waals surface area (Å²) in [6.45, 7) is 6.98. The molecule has 2 aromatic rings. The molecule has 0 aliphatic heterocycles. The van der Waals surface area contributed by atoms with Crippen LogP contribution in [0.3, 0.4) is 0 Å². The van der Waals surface area contributed by atoms with Gasteiger partial charge in [-0.25, -0.2) is 8.42 Å². The van der Waals surface area contributed by atoms with Crippen molar-refractivity contribution in [1.29, 1.82) is 0 Å². The number of amides is 1. The minimum absolute atomic E-state index is 0.00206. The maximum atomic E-state index is 13.1. The third-order valence-electron chi connectivity index (χ3n) is 4.45. The number of carbonyl (C=O) groups is 1. The lowest BCUT2D eigenvalue weighted by Crippen LogP contribution is -2.38. The molecule has 0 aromatic heterocycles. The van der Waals surface area contributed by atoms with Crippen molar-refractivity contribution in [2.45, 2.75) is 18.7 Å². The van der Waals surface area contributed by atoms with Gasteiger partial charge in [0.25, 0.3) is 0 Å². The van der Waals surface area contributed by atoms with Crippen LogP contribution < -0.4 is 14.8 Å². The van der Waals surface area contributed by atoms with Gasteiger partial charge in [-0.1, -0.05) is 12.1 Å². The van der Waals surface area contributed by atoms with E-state index < -0.39 is 15.9 Å². The molecule has 1 amide bonds. The van der Waals surface area contributed by atoms with Crippen molar-refractivity contribution in [2.75, 3.05) is 32.6 Å². The van der Waals surface area contributed by atoms with E-state index >= 15 is 0 Å². The first-order valence-electron chi connectivity index (χ1n) is 8.93. The predicted octanol–water partition coefficient (Wildman–Crippen LogP) is 3.14. The summed E-state index contributed by atoms with van der Waals surface area (Å²) in [4.78, 5) is 12.8. The van der Waals surface area contributed by atoms with Gasteiger partial charge in [-0.2, -0.15) is 4.31 Å². The van der Waals surface area contributed by atoms with Crippen LogP contribution in [0.2, 0.25) is 0 Å². The Morgan fingerprint density at radius 2 is 1.83 bits per heavy atom. The molecular weight excluding hydrogens is 392 g/mol. The van der Waals surface area contributed by atoms with Gasteiger partial charge in [0.2, 0.25) is 15.9 Å². The highest BCUT2D eigenvalue weighted by Gasteiger charge is 2.26. The number of sulfonamides is 1. The number of nitrogens with zero attached hydrogens (tertiary/aromatic N) is 1. The average Bonchev–Trinajstić information content (AvgIpc) is 2.69. The average molecular weight is 419 g/mol. The molecule has 29 heavy (non-hydrogen) atoms. The molecular formula is C21H26N2O5S. The molecule has 8 heteroatoms. The number of hydrogen-bond acceptors (Lipinski definition) is 5. The van der Waals surface area contributed by atoms with E-state index in [-0.39, 0.29) is 18.0 Å². The summed E-state index contributed by atoms with van der Waals surface area (Å²) in [7, 11) is -0.886. The first-order chi connectivity index (χ1) is 13.7. The fourth-order valence-corrected chi connectivity index (χ4v) is 4.13. The van der Waals surface area contributed by atoms with Crippen molar-refractivity contribution in [3.8, 4) is 11.5 Å². The van der Waals surface area contributed by atoms with Crippen LogP contribution >= 0.6 is 0 Å². The zero-order chi connectivity index (χ0) is 21.6. The van der Waals surface area contributed by atoms with Crippen LogP contribution in [0.25, 0.3) is 0 Å². The van der Waals surface area contributed by atoms with E-state index in [2.05, 4.69) is 11.9 Å². The fourth-order valence-electron chi connectivity index (χ4n) is 2.68. The van der Waals surface area contributed by atoms with Gasteiger partial charge in [0.15, 0.2) is 0 Å². The van der Waals surface area contributed by atoms with E-state index in [1.165, 1.54) is 26.4 Å². The molecule has 0 radical (unpaired) electrons. The molecule has 0 unspecified atom stereocenters. The number of carbonyl (C=O) groups excluding carboxylic acids is 1. The Hall–Kier alpha value is -2.84. The van der Waals surface area contributed by atoms with Crippen LogP contribution in [0, 0.1) is 13.8 Å². The molecule has 2 rings (SSSR count). The summed E-state index contributed by atoms with van der Waals surface area (Å²) < 4.78 is 37.6. The van der Waals surface area contributed by atoms with Gasteiger partial charge in [-0.05, 0) is 49.2 Å². The number of nitrogens with one attached hydrogen (secondary N) is 1. The molecule has 0 spiro atoms. The number of rotatable bonds is 9. The zero-order valence-electron chi connectivity index (χ0n) is 17.1. The largest absolute Gasteiger partial charge is 0.497 e. The first kappa shape index (κ1) is 22.4. The third kappa shape index (κ3) is 5.36. The Balaban J connectivity index is 2.27. The van der Waals surface area contributed by atoms with E-state index in [4.69, 9.17) is 9.47 Å². The molecule has 0 bridgehead atoms. The van der Waals surface area contributed by atoms with Crippen LogP contribution in [-0.2, 0) is 14.8 Å². The van der Waals surface area contributed by atoms with Crippen molar-refractivity contribution < 1.29 is 22.7 Å². The van der Waals surface area contributed by atoms with Gasteiger partial charge in [0, 0.05) is 12.6 Å². The number of methoxy groups -OCH3 is 2. The Labute approximate surface area is 172 Å². The number of ether oxygens (including phenoxy) is 2. The normalized spacial score (nSPS) is 11.2. The molecule has 0 atom stereocenters. The van der Waals surface area contributed by atoms with E-state index in [0.717, 1.165) is 15.4 Å². The van der Waals surface area contributed by atoms with Crippen LogP contribution in [0.1, 0.15) is 11.1 Å². The molecule has 2 aromatic carbocycles. The molecule has 0 heterocycles. The Bertz CT molecular complexity index is 1000. The van der Waals surface area contributed by atoms with Gasteiger partial charge >= 0.3 is 0 Å². The summed E-state index contributed by atoms with van der Waals surface area (Å²) in [6.07, 6.45) is 1.44. The minimum atomic E-state index is -3.87. The lowest BCUT2D eigenvalue weighted by atomic mass is 10.1. The monoisotopic (exact) mass is 418 g/mol. The smallest absolute Gasteiger partial charge is 0.243 e. The van der Waals surface area contributed by atoms with Crippen molar-refractivity contribution in [3.05, 3.63) is 60.2 Å². The van der Waals surface area contributed by atoms with Crippen molar-refractivity contribution >= 4 is 21.6 Å². The van der Waals surface area contributed by atoms with Crippen molar-refractivity contribution in [1.82, 2.24) is 4.31 Å². The van der Waals surface area contributed by atoms with E-state index in [0.29, 0.717) is 17.2 Å². The maximum Gasteiger partial charge on any atom is 0.243 e. The minimum Gasteiger partial charge on any atom is -0.497 e. The Kier molecular flexibility index (Phi) is 7.41. The summed E-state index contributed by atoms with van der Waals surface area (Å²) in [5.41, 5.74) is 2.23. The van der Waals surface area contributed by atoms with Crippen molar-refractivity contribution in [3.63, 3.8) is 0 Å². The number of anilines is 1. The Morgan fingerprint density at radius 3 is 2.41 bits per heavy atom. The number of aryl methyl sites for hydroxylation is 2. The van der Waals surface area contributed by atoms with Gasteiger partial charge in [0.1, 0.15) is 11.5 Å². The quantitative estimate of drug-likeness (QED) is 0.633. The van der Waals surface area contributed by atoms with E-state index in [1.54, 1.807) is 30.3 Å². The van der Waals surface area contributed by atoms with Gasteiger partial charge in [0.05, 0.1) is 31.3 Å². The molecule has 0 aliphatic carbocycles. The fraction of sp³-hybridized carbons (Fsp3) is 0.286. The van der Waals surface area contributed by atoms with Gasteiger partial charge < -0.3 is 14.8 Å². The summed E-state index contributed by atoms with van der Waals surface area (Å²) in [5, 5.41) is 2.68. The van der Waals surface area contributed by atoms with Crippen LogP contribution in [0.4, 0.5) is 5.69 Å². The summed E-state index contributed by atoms with van der Waals surface area (Å²) in [5.74, 6) is 0.462. The number of benzene rings is 2. The Morgan fingerprint density at radius 1 is 1.10 bits per heavy atom. The molecule has 7 nitrogen and oxygen atoms in total. The molecule has 0 saturated carbocycles. The highest BCUT2D eigenvalue weighted by atomic mass is 32.2. The van der Waals surface area contributed by atoms with Crippen LogP contribution in [-0.4, -0.2) is 45.9 Å².